The van der Waals surface area contributed by atoms with Gasteiger partial charge in [-0.2, -0.15) is 0 Å². The van der Waals surface area contributed by atoms with E-state index >= 15 is 0 Å². The summed E-state index contributed by atoms with van der Waals surface area (Å²) in [7, 11) is -1.88. The van der Waals surface area contributed by atoms with Crippen LogP contribution in [0.3, 0.4) is 0 Å². The molecular formula is C23H32O5SSi. The first-order valence-electron chi connectivity index (χ1n) is 9.92. The molecule has 2 aromatic rings. The Morgan fingerprint density at radius 2 is 1.67 bits per heavy atom. The van der Waals surface area contributed by atoms with Crippen LogP contribution in [-0.4, -0.2) is 38.4 Å². The zero-order chi connectivity index (χ0) is 22.5. The van der Waals surface area contributed by atoms with Gasteiger partial charge in [0.05, 0.1) is 12.2 Å². The molecule has 7 heteroatoms. The molecular weight excluding hydrogens is 416 g/mol. The first-order chi connectivity index (χ1) is 13.9. The minimum atomic E-state index is -1.88. The lowest BCUT2D eigenvalue weighted by Gasteiger charge is -2.36. The molecule has 0 aromatic heterocycles. The number of hydrogen-bond acceptors (Lipinski definition) is 5. The topological polar surface area (TPSA) is 65.0 Å². The van der Waals surface area contributed by atoms with Crippen LogP contribution in [0, 0.1) is 0 Å². The fraction of sp³-hybridized carbons (Fsp3) is 0.435. The number of hydrogen-bond donors (Lipinski definition) is 1. The molecule has 2 aromatic carbocycles. The van der Waals surface area contributed by atoms with E-state index in [0.29, 0.717) is 23.9 Å². The highest BCUT2D eigenvalue weighted by atomic mass is 32.2. The Kier molecular flexibility index (Phi) is 8.02. The summed E-state index contributed by atoms with van der Waals surface area (Å²) < 4.78 is 18.1. The molecule has 5 nitrogen and oxygen atoms in total. The molecule has 0 radical (unpaired) electrons. The maximum Gasteiger partial charge on any atom is 0.335 e. The summed E-state index contributed by atoms with van der Waals surface area (Å²) in [5, 5.41) is 9.58. The average Bonchev–Trinajstić information content (AvgIpc) is 2.66. The third-order valence-electron chi connectivity index (χ3n) is 5.24. The molecule has 0 aliphatic heterocycles. The molecule has 1 N–H and O–H groups in total. The van der Waals surface area contributed by atoms with E-state index in [1.807, 2.05) is 37.4 Å². The van der Waals surface area contributed by atoms with Gasteiger partial charge in [0.2, 0.25) is 0 Å². The van der Waals surface area contributed by atoms with Crippen molar-refractivity contribution in [2.45, 2.75) is 56.8 Å². The van der Waals surface area contributed by atoms with Gasteiger partial charge in [0, 0.05) is 11.0 Å². The fourth-order valence-corrected chi connectivity index (χ4v) is 3.90. The van der Waals surface area contributed by atoms with E-state index in [0.717, 1.165) is 4.90 Å². The third-order valence-corrected chi connectivity index (χ3v) is 10.5. The van der Waals surface area contributed by atoms with Crippen LogP contribution >= 0.6 is 11.8 Å². The van der Waals surface area contributed by atoms with Gasteiger partial charge in [-0.3, -0.25) is 0 Å². The SMILES string of the molecule is CSc1ccc(Oc2cc(O[C@@H](C)CO[Si](C)(C)C(C)(C)C)cc(C(=O)O)c2)cc1. The van der Waals surface area contributed by atoms with E-state index in [9.17, 15) is 9.90 Å². The van der Waals surface area contributed by atoms with Gasteiger partial charge in [0.1, 0.15) is 23.4 Å². The molecule has 0 heterocycles. The van der Waals surface area contributed by atoms with Crippen molar-refractivity contribution in [2.75, 3.05) is 12.9 Å². The number of carboxylic acids is 1. The summed E-state index contributed by atoms with van der Waals surface area (Å²) in [4.78, 5) is 12.7. The summed E-state index contributed by atoms with van der Waals surface area (Å²) in [5.74, 6) is 0.458. The number of aromatic carboxylic acids is 1. The summed E-state index contributed by atoms with van der Waals surface area (Å²) in [5.41, 5.74) is 0.112. The number of carboxylic acid groups (broad SMARTS) is 1. The lowest BCUT2D eigenvalue weighted by Crippen LogP contribution is -2.43. The molecule has 164 valence electrons. The van der Waals surface area contributed by atoms with E-state index in [-0.39, 0.29) is 16.7 Å². The Hall–Kier alpha value is -1.96. The largest absolute Gasteiger partial charge is 0.488 e. The summed E-state index contributed by atoms with van der Waals surface area (Å²) >= 11 is 1.64. The predicted molar refractivity (Wildman–Crippen MR) is 125 cm³/mol. The van der Waals surface area contributed by atoms with E-state index in [4.69, 9.17) is 13.9 Å². The molecule has 2 rings (SSSR count). The molecule has 0 saturated carbocycles. The Balaban J connectivity index is 2.14. The van der Waals surface area contributed by atoms with Gasteiger partial charge in [-0.1, -0.05) is 20.8 Å². The first kappa shape index (κ1) is 24.3. The lowest BCUT2D eigenvalue weighted by atomic mass is 10.2. The lowest BCUT2D eigenvalue weighted by molar-refractivity contribution is 0.0695. The molecule has 0 spiro atoms. The second-order valence-corrected chi connectivity index (χ2v) is 14.5. The summed E-state index contributed by atoms with van der Waals surface area (Å²) in [6.45, 7) is 13.3. The van der Waals surface area contributed by atoms with Crippen LogP contribution in [0.1, 0.15) is 38.1 Å². The third kappa shape index (κ3) is 6.79. The Labute approximate surface area is 184 Å². The van der Waals surface area contributed by atoms with Gasteiger partial charge in [-0.05, 0) is 67.7 Å². The molecule has 1 atom stereocenters. The van der Waals surface area contributed by atoms with E-state index in [1.165, 1.54) is 12.1 Å². The van der Waals surface area contributed by atoms with E-state index in [2.05, 4.69) is 33.9 Å². The highest BCUT2D eigenvalue weighted by Gasteiger charge is 2.37. The average molecular weight is 449 g/mol. The van der Waals surface area contributed by atoms with Crippen molar-refractivity contribution < 1.29 is 23.8 Å². The van der Waals surface area contributed by atoms with Crippen molar-refractivity contribution in [1.82, 2.24) is 0 Å². The Bertz CT molecular complexity index is 859. The van der Waals surface area contributed by atoms with Gasteiger partial charge in [-0.25, -0.2) is 4.79 Å². The number of thioether (sulfide) groups is 1. The van der Waals surface area contributed by atoms with Crippen molar-refractivity contribution >= 4 is 26.0 Å². The van der Waals surface area contributed by atoms with Crippen LogP contribution < -0.4 is 9.47 Å². The second kappa shape index (κ2) is 9.90. The first-order valence-corrected chi connectivity index (χ1v) is 14.1. The number of rotatable bonds is 9. The number of carbonyl (C=O) groups is 1. The van der Waals surface area contributed by atoms with Crippen LogP contribution in [-0.2, 0) is 4.43 Å². The zero-order valence-corrected chi connectivity index (χ0v) is 20.6. The van der Waals surface area contributed by atoms with Crippen molar-refractivity contribution in [3.63, 3.8) is 0 Å². The Morgan fingerprint density at radius 1 is 1.07 bits per heavy atom. The van der Waals surface area contributed by atoms with Crippen LogP contribution in [0.15, 0.2) is 47.4 Å². The Morgan fingerprint density at radius 3 is 2.20 bits per heavy atom. The summed E-state index contributed by atoms with van der Waals surface area (Å²) in [6, 6.07) is 12.3. The molecule has 0 amide bonds. The molecule has 0 saturated heterocycles. The predicted octanol–water partition coefficient (Wildman–Crippen LogP) is 6.69. The second-order valence-electron chi connectivity index (χ2n) is 8.78. The minimum absolute atomic E-state index is 0.112. The fourth-order valence-electron chi connectivity index (χ4n) is 2.41. The highest BCUT2D eigenvalue weighted by molar-refractivity contribution is 7.98. The van der Waals surface area contributed by atoms with E-state index < -0.39 is 14.3 Å². The van der Waals surface area contributed by atoms with Gasteiger partial charge in [0.15, 0.2) is 8.32 Å². The van der Waals surface area contributed by atoms with Crippen molar-refractivity contribution in [3.8, 4) is 17.2 Å². The minimum Gasteiger partial charge on any atom is -0.488 e. The highest BCUT2D eigenvalue weighted by Crippen LogP contribution is 2.36. The summed E-state index contributed by atoms with van der Waals surface area (Å²) in [6.07, 6.45) is 1.78. The molecule has 0 bridgehead atoms. The van der Waals surface area contributed by atoms with Crippen molar-refractivity contribution in [3.05, 3.63) is 48.0 Å². The molecule has 0 aliphatic rings. The maximum atomic E-state index is 11.6. The molecule has 0 unspecified atom stereocenters. The molecule has 0 aliphatic carbocycles. The zero-order valence-electron chi connectivity index (χ0n) is 18.8. The number of ether oxygens (including phenoxy) is 2. The number of benzene rings is 2. The molecule has 30 heavy (non-hydrogen) atoms. The van der Waals surface area contributed by atoms with Crippen molar-refractivity contribution in [2.24, 2.45) is 0 Å². The van der Waals surface area contributed by atoms with Crippen LogP contribution in [0.25, 0.3) is 0 Å². The molecule has 0 fully saturated rings. The standard InChI is InChI=1S/C23H32O5SSi/c1-16(15-26-30(6,7)23(2,3)4)27-19-12-17(22(24)25)13-20(14-19)28-18-8-10-21(29-5)11-9-18/h8-14,16H,15H2,1-7H3,(H,24,25)/t16-/m0/s1. The van der Waals surface area contributed by atoms with Gasteiger partial charge < -0.3 is 19.0 Å². The smallest absolute Gasteiger partial charge is 0.335 e. The van der Waals surface area contributed by atoms with Gasteiger partial charge in [-0.15, -0.1) is 11.8 Å². The quantitative estimate of drug-likeness (QED) is 0.341. The monoisotopic (exact) mass is 448 g/mol. The van der Waals surface area contributed by atoms with Crippen LogP contribution in [0.2, 0.25) is 18.1 Å². The normalized spacial score (nSPS) is 13.0. The van der Waals surface area contributed by atoms with Crippen molar-refractivity contribution in [1.29, 1.82) is 0 Å². The van der Waals surface area contributed by atoms with E-state index in [1.54, 1.807) is 17.8 Å². The van der Waals surface area contributed by atoms with Crippen LogP contribution in [0.5, 0.6) is 17.2 Å². The van der Waals surface area contributed by atoms with Gasteiger partial charge in [0.25, 0.3) is 0 Å². The van der Waals surface area contributed by atoms with Gasteiger partial charge >= 0.3 is 5.97 Å². The van der Waals surface area contributed by atoms with Crippen LogP contribution in [0.4, 0.5) is 0 Å². The maximum absolute atomic E-state index is 11.6.